The molecule has 2 radical (unpaired) electrons. The Morgan fingerprint density at radius 3 is 2.26 bits per heavy atom. The van der Waals surface area contributed by atoms with Gasteiger partial charge in [-0.05, 0) is 36.8 Å². The zero-order chi connectivity index (χ0) is 31.1. The van der Waals surface area contributed by atoms with Crippen LogP contribution < -0.4 is 30.8 Å². The summed E-state index contributed by atoms with van der Waals surface area (Å²) < 4.78 is 21.6. The summed E-state index contributed by atoms with van der Waals surface area (Å²) in [6.07, 6.45) is 2.24. The molecule has 218 valence electrons. The van der Waals surface area contributed by atoms with E-state index in [1.165, 1.54) is 15.9 Å². The molecule has 0 atom stereocenters. The summed E-state index contributed by atoms with van der Waals surface area (Å²) in [7, 11) is 9.43. The van der Waals surface area contributed by atoms with Crippen LogP contribution in [0.25, 0.3) is 10.6 Å². The van der Waals surface area contributed by atoms with Crippen molar-refractivity contribution < 1.29 is 18.9 Å². The molecule has 3 aromatic carbocycles. The summed E-state index contributed by atoms with van der Waals surface area (Å²) >= 11 is 0. The van der Waals surface area contributed by atoms with E-state index in [1.807, 2.05) is 65.0 Å². The van der Waals surface area contributed by atoms with Gasteiger partial charge in [0.1, 0.15) is 12.4 Å². The van der Waals surface area contributed by atoms with Crippen LogP contribution in [-0.4, -0.2) is 55.8 Å². The second kappa shape index (κ2) is 18.4. The maximum absolute atomic E-state index is 6.19. The molecule has 4 aromatic rings. The molecule has 1 saturated heterocycles. The molecule has 1 aliphatic rings. The van der Waals surface area contributed by atoms with Gasteiger partial charge in [-0.15, -0.1) is 0 Å². The zero-order valence-corrected chi connectivity index (χ0v) is 26.8. The van der Waals surface area contributed by atoms with Gasteiger partial charge in [0.25, 0.3) is 0 Å². The van der Waals surface area contributed by atoms with Crippen LogP contribution in [-0.2, 0) is 11.3 Å². The summed E-state index contributed by atoms with van der Waals surface area (Å²) in [5.41, 5.74) is 10.7. The Kier molecular flexibility index (Phi) is 15.3. The first-order valence-electron chi connectivity index (χ1n) is 15.0. The SMILES string of the molecule is CC.CC.COc1ccc(COc2ccc(C)cc2OC)c(N)c1.[B]c1c(C)ccc2bcc(B3CCOCC3)bc12. The number of aryl methyl sites for hydroxylation is 2. The molecular formula is C33H45B4NO4. The van der Waals surface area contributed by atoms with Gasteiger partial charge < -0.3 is 19.9 Å². The van der Waals surface area contributed by atoms with Crippen LogP contribution in [0.1, 0.15) is 44.4 Å². The molecule has 2 heterocycles. The average molecular weight is 563 g/mol. The fourth-order valence-corrected chi connectivity index (χ4v) is 4.64. The van der Waals surface area contributed by atoms with Crippen LogP contribution in [0, 0.1) is 13.8 Å². The number of hydrogen-bond donors (Lipinski definition) is 1. The molecule has 0 bridgehead atoms. The molecule has 0 spiro atoms. The van der Waals surface area contributed by atoms with E-state index in [2.05, 4.69) is 38.8 Å². The first-order valence-corrected chi connectivity index (χ1v) is 15.0. The third-order valence-corrected chi connectivity index (χ3v) is 7.05. The average Bonchev–Trinajstić information content (AvgIpc) is 3.05. The predicted molar refractivity (Wildman–Crippen MR) is 185 cm³/mol. The minimum absolute atomic E-state index is 0.384. The van der Waals surface area contributed by atoms with Crippen molar-refractivity contribution >= 4 is 55.5 Å². The van der Waals surface area contributed by atoms with E-state index in [0.29, 0.717) is 24.8 Å². The van der Waals surface area contributed by atoms with E-state index in [4.69, 9.17) is 32.5 Å². The number of nitrogen functional groups attached to an aromatic ring is 1. The number of rotatable bonds is 6. The van der Waals surface area contributed by atoms with E-state index in [0.717, 1.165) is 59.5 Å². The molecule has 5 nitrogen and oxygen atoms in total. The summed E-state index contributed by atoms with van der Waals surface area (Å²) in [6.45, 7) is 19.3. The Bertz CT molecular complexity index is 1390. The Balaban J connectivity index is 0.000000263. The summed E-state index contributed by atoms with van der Waals surface area (Å²) in [4.78, 5) is 0. The van der Waals surface area contributed by atoms with Crippen LogP contribution in [0.15, 0.2) is 54.5 Å². The van der Waals surface area contributed by atoms with Crippen molar-refractivity contribution in [3.8, 4) is 17.2 Å². The summed E-state index contributed by atoms with van der Waals surface area (Å²) in [6, 6.07) is 15.6. The number of hydrogen-bond acceptors (Lipinski definition) is 5. The van der Waals surface area contributed by atoms with Crippen molar-refractivity contribution in [2.75, 3.05) is 33.2 Å². The van der Waals surface area contributed by atoms with Gasteiger partial charge in [-0.2, -0.15) is 0 Å². The van der Waals surface area contributed by atoms with Gasteiger partial charge in [0.2, 0.25) is 0 Å². The zero-order valence-electron chi connectivity index (χ0n) is 26.8. The van der Waals surface area contributed by atoms with E-state index >= 15 is 0 Å². The second-order valence-corrected chi connectivity index (χ2v) is 9.67. The molecule has 0 aliphatic carbocycles. The molecule has 1 aromatic heterocycles. The van der Waals surface area contributed by atoms with Gasteiger partial charge >= 0.3 is 111 Å². The van der Waals surface area contributed by atoms with Crippen molar-refractivity contribution in [3.05, 3.63) is 71.2 Å². The Morgan fingerprint density at radius 2 is 1.62 bits per heavy atom. The number of methoxy groups -OCH3 is 2. The van der Waals surface area contributed by atoms with Crippen molar-refractivity contribution in [1.29, 1.82) is 0 Å². The van der Waals surface area contributed by atoms with Gasteiger partial charge in [0.15, 0.2) is 11.5 Å². The molecule has 1 aliphatic heterocycles. The van der Waals surface area contributed by atoms with E-state index in [-0.39, 0.29) is 0 Å². The Hall–Kier alpha value is -3.18. The number of anilines is 1. The third-order valence-electron chi connectivity index (χ3n) is 7.05. The number of fused-ring (bicyclic) bond motifs is 1. The van der Waals surface area contributed by atoms with Crippen LogP contribution in [0.5, 0.6) is 17.2 Å². The summed E-state index contributed by atoms with van der Waals surface area (Å²) in [5.74, 6) is 4.40. The van der Waals surface area contributed by atoms with Gasteiger partial charge in [0.05, 0.1) is 14.2 Å². The molecule has 1 fully saturated rings. The number of nitrogens with two attached hydrogens (primary N) is 1. The third kappa shape index (κ3) is 9.69. The van der Waals surface area contributed by atoms with Crippen molar-refractivity contribution in [2.24, 2.45) is 0 Å². The fourth-order valence-electron chi connectivity index (χ4n) is 4.64. The van der Waals surface area contributed by atoms with E-state index in [9.17, 15) is 0 Å². The van der Waals surface area contributed by atoms with Crippen LogP contribution in [0.4, 0.5) is 5.69 Å². The first kappa shape index (κ1) is 35.0. The molecule has 0 amide bonds. The van der Waals surface area contributed by atoms with E-state index in [1.54, 1.807) is 20.3 Å². The molecule has 5 rings (SSSR count). The molecule has 0 unspecified atom stereocenters. The quantitative estimate of drug-likeness (QED) is 0.246. The monoisotopic (exact) mass is 563 g/mol. The second-order valence-electron chi connectivity index (χ2n) is 9.67. The Morgan fingerprint density at radius 1 is 0.905 bits per heavy atom. The molecule has 42 heavy (non-hydrogen) atoms. The Labute approximate surface area is 256 Å². The summed E-state index contributed by atoms with van der Waals surface area (Å²) in [5, 5.41) is 3.83. The number of benzene rings is 3. The van der Waals surface area contributed by atoms with Crippen molar-refractivity contribution in [1.82, 2.24) is 0 Å². The molecule has 2 N–H and O–H groups in total. The van der Waals surface area contributed by atoms with Gasteiger partial charge in [-0.1, -0.05) is 33.8 Å². The van der Waals surface area contributed by atoms with Crippen LogP contribution >= 0.6 is 0 Å². The van der Waals surface area contributed by atoms with Gasteiger partial charge in [-0.3, -0.25) is 0 Å². The normalized spacial score (nSPS) is 11.9. The van der Waals surface area contributed by atoms with Crippen LogP contribution in [0.2, 0.25) is 12.6 Å². The van der Waals surface area contributed by atoms with Gasteiger partial charge in [0, 0.05) is 17.3 Å². The predicted octanol–water partition coefficient (Wildman–Crippen LogP) is 5.58. The number of ether oxygens (including phenoxy) is 4. The van der Waals surface area contributed by atoms with Crippen molar-refractivity contribution in [3.63, 3.8) is 0 Å². The first-order chi connectivity index (χ1) is 20.4. The molecule has 0 saturated carbocycles. The van der Waals surface area contributed by atoms with Gasteiger partial charge in [-0.25, -0.2) is 0 Å². The standard InChI is InChI=1S/C16H19NO3.C13H14B4O.2C2H6/c1-11-4-7-15(16(8-11)19-3)20-10-12-5-6-13(18-2)9-14(12)17;1-9-2-3-10-13(12(9)14)16-11(8-15-10)17-4-6-18-7-5-17;2*1-2/h4-9H,10,17H2,1-3H3;2-3,8H,4-7H2,1H3;2*1-2H3. The molecule has 9 heteroatoms. The fraction of sp³-hybridized carbons (Fsp3) is 0.394. The maximum atomic E-state index is 6.19. The van der Waals surface area contributed by atoms with E-state index < -0.39 is 0 Å². The minimum atomic E-state index is 0.384. The van der Waals surface area contributed by atoms with Crippen LogP contribution in [0.3, 0.4) is 0 Å². The van der Waals surface area contributed by atoms with Crippen molar-refractivity contribution in [2.45, 2.75) is 60.8 Å². The topological polar surface area (TPSA) is 62.9 Å². The molecular weight excluding hydrogens is 518 g/mol.